The Morgan fingerprint density at radius 1 is 1.47 bits per heavy atom. The quantitative estimate of drug-likeness (QED) is 0.891. The molecule has 19 heavy (non-hydrogen) atoms. The van der Waals surface area contributed by atoms with Gasteiger partial charge in [-0.15, -0.1) is 11.3 Å². The number of hydrogen-bond donors (Lipinski definition) is 2. The van der Waals surface area contributed by atoms with Gasteiger partial charge in [0.1, 0.15) is 5.01 Å². The third kappa shape index (κ3) is 2.89. The van der Waals surface area contributed by atoms with Gasteiger partial charge in [-0.2, -0.15) is 11.3 Å². The topological polar surface area (TPSA) is 45.1 Å². The highest BCUT2D eigenvalue weighted by atomic mass is 32.1. The van der Waals surface area contributed by atoms with Crippen LogP contribution in [0.25, 0.3) is 0 Å². The van der Waals surface area contributed by atoms with E-state index in [0.717, 1.165) is 17.0 Å². The highest BCUT2D eigenvalue weighted by Gasteiger charge is 2.20. The van der Waals surface area contributed by atoms with Crippen LogP contribution in [0.3, 0.4) is 0 Å². The van der Waals surface area contributed by atoms with Crippen LogP contribution in [0.15, 0.2) is 16.8 Å². The zero-order chi connectivity index (χ0) is 13.2. The minimum absolute atomic E-state index is 0.212. The van der Waals surface area contributed by atoms with Crippen LogP contribution >= 0.6 is 22.7 Å². The predicted octanol–water partition coefficient (Wildman–Crippen LogP) is 3.08. The summed E-state index contributed by atoms with van der Waals surface area (Å²) in [7, 11) is 0. The number of hydrogen-bond acceptors (Lipinski definition) is 5. The summed E-state index contributed by atoms with van der Waals surface area (Å²) in [5, 5.41) is 18.6. The van der Waals surface area contributed by atoms with Crippen LogP contribution in [0.5, 0.6) is 0 Å². The molecule has 102 valence electrons. The zero-order valence-corrected chi connectivity index (χ0v) is 12.6. The summed E-state index contributed by atoms with van der Waals surface area (Å²) in [5.74, 6) is 0. The average Bonchev–Trinajstić information content (AvgIpc) is 3.09. The van der Waals surface area contributed by atoms with Crippen LogP contribution in [0, 0.1) is 0 Å². The van der Waals surface area contributed by atoms with Crippen LogP contribution in [-0.2, 0) is 12.8 Å². The lowest BCUT2D eigenvalue weighted by Gasteiger charge is -2.14. The van der Waals surface area contributed by atoms with E-state index in [2.05, 4.69) is 12.2 Å². The molecule has 2 aromatic heterocycles. The number of aliphatic hydroxyl groups is 1. The number of aliphatic hydroxyl groups excluding tert-OH is 1. The molecule has 0 aliphatic heterocycles. The molecule has 2 unspecified atom stereocenters. The second kappa shape index (κ2) is 5.71. The van der Waals surface area contributed by atoms with E-state index in [9.17, 15) is 5.11 Å². The van der Waals surface area contributed by atoms with Gasteiger partial charge in [0, 0.05) is 11.4 Å². The number of aryl methyl sites for hydroxylation is 2. The SMILES string of the molecule is CC(NCC(O)c1ccsc1)c1nc2c(s1)CCC2. The first-order valence-corrected chi connectivity index (χ1v) is 8.42. The molecular formula is C14H18N2OS2. The lowest BCUT2D eigenvalue weighted by Crippen LogP contribution is -2.24. The number of aromatic nitrogens is 1. The van der Waals surface area contributed by atoms with Gasteiger partial charge in [-0.05, 0) is 48.6 Å². The molecule has 5 heteroatoms. The number of nitrogens with zero attached hydrogens (tertiary/aromatic N) is 1. The largest absolute Gasteiger partial charge is 0.387 e. The molecule has 0 fully saturated rings. The highest BCUT2D eigenvalue weighted by Crippen LogP contribution is 2.30. The first kappa shape index (κ1) is 13.2. The van der Waals surface area contributed by atoms with Gasteiger partial charge in [0.25, 0.3) is 0 Å². The first-order chi connectivity index (χ1) is 9.24. The van der Waals surface area contributed by atoms with E-state index in [1.54, 1.807) is 11.3 Å². The third-order valence-corrected chi connectivity index (χ3v) is 5.57. The summed E-state index contributed by atoms with van der Waals surface area (Å²) in [6, 6.07) is 2.18. The van der Waals surface area contributed by atoms with Gasteiger partial charge in [-0.25, -0.2) is 4.98 Å². The molecule has 0 bridgehead atoms. The molecular weight excluding hydrogens is 276 g/mol. The van der Waals surface area contributed by atoms with Crippen LogP contribution in [0.4, 0.5) is 0 Å². The van der Waals surface area contributed by atoms with Gasteiger partial charge in [0.05, 0.1) is 17.8 Å². The lowest BCUT2D eigenvalue weighted by atomic mass is 10.2. The number of fused-ring (bicyclic) bond motifs is 1. The Kier molecular flexibility index (Phi) is 3.98. The van der Waals surface area contributed by atoms with Crippen molar-refractivity contribution in [3.8, 4) is 0 Å². The Morgan fingerprint density at radius 3 is 3.11 bits per heavy atom. The fraction of sp³-hybridized carbons (Fsp3) is 0.500. The van der Waals surface area contributed by atoms with E-state index in [1.807, 2.05) is 28.2 Å². The van der Waals surface area contributed by atoms with E-state index in [-0.39, 0.29) is 6.04 Å². The molecule has 0 saturated carbocycles. The monoisotopic (exact) mass is 294 g/mol. The number of nitrogens with one attached hydrogen (secondary N) is 1. The van der Waals surface area contributed by atoms with Crippen molar-refractivity contribution in [1.82, 2.24) is 10.3 Å². The summed E-state index contributed by atoms with van der Waals surface area (Å²) in [6.45, 7) is 2.69. The van der Waals surface area contributed by atoms with Crippen molar-refractivity contribution in [1.29, 1.82) is 0 Å². The van der Waals surface area contributed by atoms with E-state index in [1.165, 1.54) is 23.4 Å². The molecule has 2 aromatic rings. The maximum atomic E-state index is 10.0. The van der Waals surface area contributed by atoms with Crippen molar-refractivity contribution >= 4 is 22.7 Å². The Morgan fingerprint density at radius 2 is 2.37 bits per heavy atom. The summed E-state index contributed by atoms with van der Waals surface area (Å²) in [6.07, 6.45) is 3.15. The van der Waals surface area contributed by atoms with E-state index in [0.29, 0.717) is 6.54 Å². The summed E-state index contributed by atoms with van der Waals surface area (Å²) in [5.41, 5.74) is 2.29. The molecule has 0 aromatic carbocycles. The lowest BCUT2D eigenvalue weighted by molar-refractivity contribution is 0.171. The molecule has 3 nitrogen and oxygen atoms in total. The van der Waals surface area contributed by atoms with E-state index in [4.69, 9.17) is 4.98 Å². The van der Waals surface area contributed by atoms with Crippen molar-refractivity contribution in [3.05, 3.63) is 38.0 Å². The third-order valence-electron chi connectivity index (χ3n) is 3.53. The van der Waals surface area contributed by atoms with Gasteiger partial charge in [-0.3, -0.25) is 0 Å². The predicted molar refractivity (Wildman–Crippen MR) is 79.8 cm³/mol. The van der Waals surface area contributed by atoms with Gasteiger partial charge in [-0.1, -0.05) is 0 Å². The Hall–Kier alpha value is -0.750. The molecule has 2 N–H and O–H groups in total. The summed E-state index contributed by atoms with van der Waals surface area (Å²) in [4.78, 5) is 6.17. The van der Waals surface area contributed by atoms with Crippen molar-refractivity contribution in [2.45, 2.75) is 38.3 Å². The molecule has 0 radical (unpaired) electrons. The first-order valence-electron chi connectivity index (χ1n) is 6.66. The van der Waals surface area contributed by atoms with Crippen LogP contribution in [0.2, 0.25) is 0 Å². The highest BCUT2D eigenvalue weighted by molar-refractivity contribution is 7.11. The average molecular weight is 294 g/mol. The fourth-order valence-corrected chi connectivity index (χ4v) is 4.24. The van der Waals surface area contributed by atoms with Gasteiger partial charge in [0.15, 0.2) is 0 Å². The molecule has 1 aliphatic carbocycles. The molecule has 2 atom stereocenters. The zero-order valence-electron chi connectivity index (χ0n) is 10.9. The summed E-state index contributed by atoms with van der Waals surface area (Å²) < 4.78 is 0. The van der Waals surface area contributed by atoms with Gasteiger partial charge >= 0.3 is 0 Å². The Bertz CT molecular complexity index is 514. The van der Waals surface area contributed by atoms with E-state index < -0.39 is 6.10 Å². The second-order valence-corrected chi connectivity index (χ2v) is 6.87. The van der Waals surface area contributed by atoms with Crippen LogP contribution in [0.1, 0.15) is 46.6 Å². The van der Waals surface area contributed by atoms with Crippen LogP contribution in [-0.4, -0.2) is 16.6 Å². The smallest absolute Gasteiger partial charge is 0.110 e. The molecule has 0 spiro atoms. The molecule has 0 amide bonds. The number of thiophene rings is 1. The molecule has 1 aliphatic rings. The Balaban J connectivity index is 1.57. The minimum atomic E-state index is -0.430. The molecule has 2 heterocycles. The van der Waals surface area contributed by atoms with Gasteiger partial charge < -0.3 is 10.4 Å². The number of rotatable bonds is 5. The van der Waals surface area contributed by atoms with Crippen molar-refractivity contribution in [3.63, 3.8) is 0 Å². The molecule has 0 saturated heterocycles. The maximum Gasteiger partial charge on any atom is 0.110 e. The van der Waals surface area contributed by atoms with Crippen LogP contribution < -0.4 is 5.32 Å². The molecule has 3 rings (SSSR count). The maximum absolute atomic E-state index is 10.0. The standard InChI is InChI=1S/C14H18N2OS2/c1-9(14-16-11-3-2-4-13(11)19-14)15-7-12(17)10-5-6-18-8-10/h5-6,8-9,12,15,17H,2-4,7H2,1H3. The Labute approximate surface area is 121 Å². The van der Waals surface area contributed by atoms with Crippen molar-refractivity contribution in [2.75, 3.05) is 6.54 Å². The second-order valence-electron chi connectivity index (χ2n) is 4.98. The van der Waals surface area contributed by atoms with E-state index >= 15 is 0 Å². The normalized spacial score (nSPS) is 17.4. The van der Waals surface area contributed by atoms with Crippen molar-refractivity contribution in [2.24, 2.45) is 0 Å². The fourth-order valence-electron chi connectivity index (χ4n) is 2.35. The van der Waals surface area contributed by atoms with Crippen molar-refractivity contribution < 1.29 is 5.11 Å². The number of thiazole rings is 1. The van der Waals surface area contributed by atoms with Gasteiger partial charge in [0.2, 0.25) is 0 Å². The minimum Gasteiger partial charge on any atom is -0.387 e. The summed E-state index contributed by atoms with van der Waals surface area (Å²) >= 11 is 3.44.